The average Bonchev–Trinajstić information content (AvgIpc) is 2.83. The summed E-state index contributed by atoms with van der Waals surface area (Å²) in [4.78, 5) is 2.36. The van der Waals surface area contributed by atoms with Gasteiger partial charge in [-0.2, -0.15) is 0 Å². The molecule has 1 fully saturated rings. The van der Waals surface area contributed by atoms with Gasteiger partial charge in [-0.25, -0.2) is 0 Å². The molecule has 1 saturated heterocycles. The zero-order valence-electron chi connectivity index (χ0n) is 10.3. The van der Waals surface area contributed by atoms with Gasteiger partial charge in [-0.3, -0.25) is 4.90 Å². The topological polar surface area (TPSA) is 28.4 Å². The Hall–Kier alpha value is -0.800. The molecule has 2 rings (SSSR count). The minimum atomic E-state index is 0.360. The summed E-state index contributed by atoms with van der Waals surface area (Å²) in [6, 6.07) is 5.02. The molecule has 1 aromatic heterocycles. The van der Waals surface area contributed by atoms with Crippen LogP contribution in [0, 0.1) is 0 Å². The Morgan fingerprint density at radius 3 is 3.06 bits per heavy atom. The number of piperidine rings is 1. The molecule has 1 aliphatic heterocycles. The molecule has 2 atom stereocenters. The monoisotopic (exact) mass is 222 g/mol. The molecule has 0 radical (unpaired) electrons. The van der Waals surface area contributed by atoms with Crippen LogP contribution in [-0.4, -0.2) is 31.1 Å². The van der Waals surface area contributed by atoms with E-state index >= 15 is 0 Å². The molecule has 1 aliphatic rings. The first-order valence-electron chi connectivity index (χ1n) is 6.24. The summed E-state index contributed by atoms with van der Waals surface area (Å²) in [7, 11) is 2.17. The van der Waals surface area contributed by atoms with E-state index < -0.39 is 0 Å². The highest BCUT2D eigenvalue weighted by atomic mass is 16.3. The van der Waals surface area contributed by atoms with Crippen LogP contribution >= 0.6 is 0 Å². The molecule has 3 nitrogen and oxygen atoms in total. The zero-order valence-corrected chi connectivity index (χ0v) is 10.3. The van der Waals surface area contributed by atoms with Crippen molar-refractivity contribution >= 4 is 0 Å². The first-order valence-corrected chi connectivity index (χ1v) is 6.24. The predicted octanol–water partition coefficient (Wildman–Crippen LogP) is 2.41. The molecule has 2 heterocycles. The van der Waals surface area contributed by atoms with Crippen LogP contribution < -0.4 is 5.32 Å². The van der Waals surface area contributed by atoms with Gasteiger partial charge in [0.1, 0.15) is 5.76 Å². The fourth-order valence-corrected chi connectivity index (χ4v) is 2.33. The second kappa shape index (κ2) is 5.51. The van der Waals surface area contributed by atoms with Crippen LogP contribution in [-0.2, 0) is 0 Å². The Balaban J connectivity index is 1.84. The Morgan fingerprint density at radius 2 is 2.44 bits per heavy atom. The smallest absolute Gasteiger partial charge is 0.120 e. The van der Waals surface area contributed by atoms with Crippen LogP contribution in [0.5, 0.6) is 0 Å². The summed E-state index contributed by atoms with van der Waals surface area (Å²) in [5.41, 5.74) is 0. The van der Waals surface area contributed by atoms with Gasteiger partial charge < -0.3 is 9.73 Å². The lowest BCUT2D eigenvalue weighted by Crippen LogP contribution is -2.43. The van der Waals surface area contributed by atoms with Gasteiger partial charge in [0, 0.05) is 12.6 Å². The molecule has 0 bridgehead atoms. The van der Waals surface area contributed by atoms with Gasteiger partial charge in [-0.1, -0.05) is 6.42 Å². The maximum atomic E-state index is 5.44. The van der Waals surface area contributed by atoms with Crippen molar-refractivity contribution in [2.75, 3.05) is 20.1 Å². The molecule has 90 valence electrons. The van der Waals surface area contributed by atoms with Crippen molar-refractivity contribution in [3.05, 3.63) is 24.2 Å². The normalized spacial score (nSPS) is 23.6. The van der Waals surface area contributed by atoms with Crippen molar-refractivity contribution in [3.63, 3.8) is 0 Å². The van der Waals surface area contributed by atoms with E-state index in [0.29, 0.717) is 12.1 Å². The summed E-state index contributed by atoms with van der Waals surface area (Å²) in [6.07, 6.45) is 5.74. The standard InChI is InChI=1S/C13H22N2O/c1-11(13-7-5-9-16-13)15(2)10-12-6-3-4-8-14-12/h5,7,9,11-12,14H,3-4,6,8,10H2,1-2H3. The van der Waals surface area contributed by atoms with Gasteiger partial charge in [0.2, 0.25) is 0 Å². The summed E-state index contributed by atoms with van der Waals surface area (Å²) < 4.78 is 5.44. The number of likely N-dealkylation sites (N-methyl/N-ethyl adjacent to an activating group) is 1. The third-order valence-corrected chi connectivity index (χ3v) is 3.54. The van der Waals surface area contributed by atoms with E-state index in [1.54, 1.807) is 6.26 Å². The Labute approximate surface area is 97.8 Å². The lowest BCUT2D eigenvalue weighted by Gasteiger charge is -2.30. The predicted molar refractivity (Wildman–Crippen MR) is 65.4 cm³/mol. The van der Waals surface area contributed by atoms with Crippen LogP contribution in [0.3, 0.4) is 0 Å². The third-order valence-electron chi connectivity index (χ3n) is 3.54. The molecule has 0 aliphatic carbocycles. The van der Waals surface area contributed by atoms with Crippen molar-refractivity contribution in [2.24, 2.45) is 0 Å². The summed E-state index contributed by atoms with van der Waals surface area (Å²) >= 11 is 0. The maximum Gasteiger partial charge on any atom is 0.120 e. The Bertz CT molecular complexity index is 291. The summed E-state index contributed by atoms with van der Waals surface area (Å²) in [5.74, 6) is 1.05. The van der Waals surface area contributed by atoms with E-state index in [1.165, 1.54) is 25.8 Å². The molecule has 1 N–H and O–H groups in total. The molecule has 3 heteroatoms. The van der Waals surface area contributed by atoms with Gasteiger partial charge in [-0.15, -0.1) is 0 Å². The molecule has 2 unspecified atom stereocenters. The quantitative estimate of drug-likeness (QED) is 0.848. The van der Waals surface area contributed by atoms with Crippen molar-refractivity contribution in [1.29, 1.82) is 0 Å². The number of furan rings is 1. The first kappa shape index (κ1) is 11.7. The largest absolute Gasteiger partial charge is 0.468 e. The molecule has 1 aromatic rings. The zero-order chi connectivity index (χ0) is 11.4. The van der Waals surface area contributed by atoms with Crippen molar-refractivity contribution in [1.82, 2.24) is 10.2 Å². The molecular formula is C13H22N2O. The highest BCUT2D eigenvalue weighted by Gasteiger charge is 2.19. The van der Waals surface area contributed by atoms with Crippen LogP contribution in [0.15, 0.2) is 22.8 Å². The number of nitrogens with one attached hydrogen (secondary N) is 1. The Morgan fingerprint density at radius 1 is 1.56 bits per heavy atom. The highest BCUT2D eigenvalue weighted by molar-refractivity contribution is 5.03. The van der Waals surface area contributed by atoms with Crippen LogP contribution in [0.1, 0.15) is 38.0 Å². The second-order valence-electron chi connectivity index (χ2n) is 4.78. The van der Waals surface area contributed by atoms with E-state index in [0.717, 1.165) is 12.3 Å². The van der Waals surface area contributed by atoms with Crippen molar-refractivity contribution in [3.8, 4) is 0 Å². The molecule has 0 amide bonds. The number of rotatable bonds is 4. The van der Waals surface area contributed by atoms with E-state index in [1.807, 2.05) is 6.07 Å². The Kier molecular flexibility index (Phi) is 4.02. The number of hydrogen-bond acceptors (Lipinski definition) is 3. The van der Waals surface area contributed by atoms with E-state index in [2.05, 4.69) is 30.3 Å². The third kappa shape index (κ3) is 2.86. The van der Waals surface area contributed by atoms with Crippen LogP contribution in [0.25, 0.3) is 0 Å². The molecule has 0 saturated carbocycles. The van der Waals surface area contributed by atoms with Gasteiger partial charge in [-0.05, 0) is 45.5 Å². The van der Waals surface area contributed by atoms with E-state index in [9.17, 15) is 0 Å². The SMILES string of the molecule is CC(c1ccco1)N(C)CC1CCCCN1. The summed E-state index contributed by atoms with van der Waals surface area (Å²) in [5, 5.41) is 3.58. The maximum absolute atomic E-state index is 5.44. The fraction of sp³-hybridized carbons (Fsp3) is 0.692. The molecule has 0 spiro atoms. The van der Waals surface area contributed by atoms with E-state index in [-0.39, 0.29) is 0 Å². The fourth-order valence-electron chi connectivity index (χ4n) is 2.33. The number of nitrogens with zero attached hydrogens (tertiary/aromatic N) is 1. The van der Waals surface area contributed by atoms with Gasteiger partial charge in [0.15, 0.2) is 0 Å². The van der Waals surface area contributed by atoms with Crippen LogP contribution in [0.4, 0.5) is 0 Å². The van der Waals surface area contributed by atoms with Crippen molar-refractivity contribution < 1.29 is 4.42 Å². The van der Waals surface area contributed by atoms with Gasteiger partial charge in [0.05, 0.1) is 12.3 Å². The van der Waals surface area contributed by atoms with Gasteiger partial charge in [0.25, 0.3) is 0 Å². The second-order valence-corrected chi connectivity index (χ2v) is 4.78. The summed E-state index contributed by atoms with van der Waals surface area (Å²) in [6.45, 7) is 4.47. The molecular weight excluding hydrogens is 200 g/mol. The number of hydrogen-bond donors (Lipinski definition) is 1. The first-order chi connectivity index (χ1) is 7.77. The minimum Gasteiger partial charge on any atom is -0.468 e. The molecule has 0 aromatic carbocycles. The average molecular weight is 222 g/mol. The minimum absolute atomic E-state index is 0.360. The molecule has 16 heavy (non-hydrogen) atoms. The van der Waals surface area contributed by atoms with Gasteiger partial charge >= 0.3 is 0 Å². The van der Waals surface area contributed by atoms with E-state index in [4.69, 9.17) is 4.42 Å². The highest BCUT2D eigenvalue weighted by Crippen LogP contribution is 2.20. The lowest BCUT2D eigenvalue weighted by molar-refractivity contribution is 0.195. The lowest BCUT2D eigenvalue weighted by atomic mass is 10.0. The van der Waals surface area contributed by atoms with Crippen molar-refractivity contribution in [2.45, 2.75) is 38.3 Å². The van der Waals surface area contributed by atoms with Crippen LogP contribution in [0.2, 0.25) is 0 Å².